The van der Waals surface area contributed by atoms with Crippen LogP contribution in [0, 0.1) is 19.8 Å². The van der Waals surface area contributed by atoms with Crippen LogP contribution < -0.4 is 5.32 Å². The predicted octanol–water partition coefficient (Wildman–Crippen LogP) is 4.45. The Kier molecular flexibility index (Phi) is 5.62. The zero-order valence-electron chi connectivity index (χ0n) is 15.1. The van der Waals surface area contributed by atoms with Gasteiger partial charge >= 0.3 is 0 Å². The molecule has 1 heterocycles. The van der Waals surface area contributed by atoms with Crippen LogP contribution in [0.3, 0.4) is 0 Å². The number of carbonyl (C=O) groups excluding carboxylic acids is 2. The van der Waals surface area contributed by atoms with Crippen LogP contribution in [0.5, 0.6) is 0 Å². The first-order chi connectivity index (χ1) is 12.5. The number of likely N-dealkylation sites (tertiary alicyclic amines) is 1. The van der Waals surface area contributed by atoms with Crippen LogP contribution in [-0.4, -0.2) is 29.8 Å². The molecule has 5 heteroatoms. The summed E-state index contributed by atoms with van der Waals surface area (Å²) in [4.78, 5) is 27.0. The Morgan fingerprint density at radius 3 is 2.42 bits per heavy atom. The SMILES string of the molecule is Cc1cccc(NC(=O)C2CCN(C(=O)c3ccccc3Cl)CC2)c1C. The van der Waals surface area contributed by atoms with Crippen LogP contribution in [0.25, 0.3) is 0 Å². The number of hydrogen-bond donors (Lipinski definition) is 1. The van der Waals surface area contributed by atoms with Gasteiger partial charge < -0.3 is 10.2 Å². The smallest absolute Gasteiger partial charge is 0.255 e. The standard InChI is InChI=1S/C21H23ClN2O2/c1-14-6-5-9-19(15(14)2)23-20(25)16-10-12-24(13-11-16)21(26)17-7-3-4-8-18(17)22/h3-9,16H,10-13H2,1-2H3,(H,23,25). The third-order valence-electron chi connectivity index (χ3n) is 5.12. The molecule has 0 bridgehead atoms. The zero-order valence-corrected chi connectivity index (χ0v) is 15.8. The van der Waals surface area contributed by atoms with E-state index in [1.54, 1.807) is 17.0 Å². The molecule has 0 aliphatic carbocycles. The first-order valence-corrected chi connectivity index (χ1v) is 9.26. The highest BCUT2D eigenvalue weighted by molar-refractivity contribution is 6.33. The largest absolute Gasteiger partial charge is 0.339 e. The van der Waals surface area contributed by atoms with Crippen molar-refractivity contribution in [3.05, 3.63) is 64.2 Å². The van der Waals surface area contributed by atoms with Crippen LogP contribution in [0.1, 0.15) is 34.3 Å². The lowest BCUT2D eigenvalue weighted by Crippen LogP contribution is -2.41. The average molecular weight is 371 g/mol. The van der Waals surface area contributed by atoms with Crippen molar-refractivity contribution in [1.82, 2.24) is 4.90 Å². The van der Waals surface area contributed by atoms with Crippen LogP contribution >= 0.6 is 11.6 Å². The van der Waals surface area contributed by atoms with E-state index in [1.165, 1.54) is 0 Å². The van der Waals surface area contributed by atoms with E-state index in [2.05, 4.69) is 5.32 Å². The van der Waals surface area contributed by atoms with Gasteiger partial charge in [-0.25, -0.2) is 0 Å². The minimum absolute atomic E-state index is 0.0311. The van der Waals surface area contributed by atoms with Crippen molar-refractivity contribution < 1.29 is 9.59 Å². The molecule has 136 valence electrons. The number of anilines is 1. The average Bonchev–Trinajstić information content (AvgIpc) is 2.65. The summed E-state index contributed by atoms with van der Waals surface area (Å²) in [5, 5.41) is 3.51. The summed E-state index contributed by atoms with van der Waals surface area (Å²) in [6, 6.07) is 13.0. The molecule has 2 amide bonds. The van der Waals surface area contributed by atoms with Gasteiger partial charge in [-0.2, -0.15) is 0 Å². The topological polar surface area (TPSA) is 49.4 Å². The molecule has 26 heavy (non-hydrogen) atoms. The molecule has 1 N–H and O–H groups in total. The maximum atomic E-state index is 12.6. The highest BCUT2D eigenvalue weighted by atomic mass is 35.5. The van der Waals surface area contributed by atoms with Crippen LogP contribution in [0.2, 0.25) is 5.02 Å². The summed E-state index contributed by atoms with van der Waals surface area (Å²) >= 11 is 6.12. The highest BCUT2D eigenvalue weighted by Gasteiger charge is 2.28. The number of carbonyl (C=O) groups is 2. The van der Waals surface area contributed by atoms with E-state index < -0.39 is 0 Å². The van der Waals surface area contributed by atoms with Crippen molar-refractivity contribution in [3.63, 3.8) is 0 Å². The quantitative estimate of drug-likeness (QED) is 0.867. The van der Waals surface area contributed by atoms with Gasteiger partial charge in [-0.05, 0) is 56.0 Å². The molecule has 0 spiro atoms. The van der Waals surface area contributed by atoms with Gasteiger partial charge in [0.05, 0.1) is 10.6 Å². The molecule has 2 aromatic rings. The molecule has 2 aromatic carbocycles. The monoisotopic (exact) mass is 370 g/mol. The Labute approximate surface area is 159 Å². The number of hydrogen-bond acceptors (Lipinski definition) is 2. The molecule has 1 saturated heterocycles. The molecular formula is C21H23ClN2O2. The van der Waals surface area contributed by atoms with Crippen LogP contribution in [0.15, 0.2) is 42.5 Å². The van der Waals surface area contributed by atoms with Crippen LogP contribution in [-0.2, 0) is 4.79 Å². The summed E-state index contributed by atoms with van der Waals surface area (Å²) in [5.41, 5.74) is 3.63. The Morgan fingerprint density at radius 1 is 1.04 bits per heavy atom. The number of halogens is 1. The lowest BCUT2D eigenvalue weighted by Gasteiger charge is -2.31. The molecule has 0 aromatic heterocycles. The summed E-state index contributed by atoms with van der Waals surface area (Å²) in [6.07, 6.45) is 1.32. The van der Waals surface area contributed by atoms with Crippen molar-refractivity contribution in [2.75, 3.05) is 18.4 Å². The lowest BCUT2D eigenvalue weighted by atomic mass is 9.95. The number of piperidine rings is 1. The molecule has 0 radical (unpaired) electrons. The summed E-state index contributed by atoms with van der Waals surface area (Å²) in [7, 11) is 0. The number of nitrogens with zero attached hydrogens (tertiary/aromatic N) is 1. The molecule has 4 nitrogen and oxygen atoms in total. The third-order valence-corrected chi connectivity index (χ3v) is 5.45. The summed E-state index contributed by atoms with van der Waals surface area (Å²) in [6.45, 7) is 5.17. The van der Waals surface area contributed by atoms with E-state index in [0.717, 1.165) is 16.8 Å². The molecule has 0 atom stereocenters. The second-order valence-electron chi connectivity index (χ2n) is 6.78. The van der Waals surface area contributed by atoms with E-state index in [-0.39, 0.29) is 17.7 Å². The van der Waals surface area contributed by atoms with Gasteiger partial charge in [0.25, 0.3) is 5.91 Å². The number of amides is 2. The number of nitrogens with one attached hydrogen (secondary N) is 1. The highest BCUT2D eigenvalue weighted by Crippen LogP contribution is 2.25. The minimum Gasteiger partial charge on any atom is -0.339 e. The van der Waals surface area contributed by atoms with E-state index in [4.69, 9.17) is 11.6 Å². The van der Waals surface area contributed by atoms with Gasteiger partial charge in [0.15, 0.2) is 0 Å². The minimum atomic E-state index is -0.0785. The van der Waals surface area contributed by atoms with Gasteiger partial charge in [0, 0.05) is 24.7 Å². The maximum absolute atomic E-state index is 12.6. The first kappa shape index (κ1) is 18.5. The number of aryl methyl sites for hydroxylation is 1. The van der Waals surface area contributed by atoms with Gasteiger partial charge in [-0.3, -0.25) is 9.59 Å². The van der Waals surface area contributed by atoms with Crippen molar-refractivity contribution in [1.29, 1.82) is 0 Å². The fraction of sp³-hybridized carbons (Fsp3) is 0.333. The molecule has 1 aliphatic rings. The summed E-state index contributed by atoms with van der Waals surface area (Å²) < 4.78 is 0. The van der Waals surface area contributed by atoms with Gasteiger partial charge in [0.1, 0.15) is 0 Å². The molecule has 1 fully saturated rings. The van der Waals surface area contributed by atoms with Gasteiger partial charge in [-0.15, -0.1) is 0 Å². The molecule has 1 aliphatic heterocycles. The molecule has 3 rings (SSSR count). The Bertz CT molecular complexity index is 827. The van der Waals surface area contributed by atoms with Crippen molar-refractivity contribution in [2.24, 2.45) is 5.92 Å². The molecule has 0 unspecified atom stereocenters. The van der Waals surface area contributed by atoms with E-state index in [0.29, 0.717) is 36.5 Å². The Morgan fingerprint density at radius 2 is 1.73 bits per heavy atom. The van der Waals surface area contributed by atoms with Crippen molar-refractivity contribution in [2.45, 2.75) is 26.7 Å². The molecule has 0 saturated carbocycles. The Balaban J connectivity index is 1.60. The number of benzene rings is 2. The van der Waals surface area contributed by atoms with Crippen molar-refractivity contribution in [3.8, 4) is 0 Å². The first-order valence-electron chi connectivity index (χ1n) is 8.88. The summed E-state index contributed by atoms with van der Waals surface area (Å²) in [5.74, 6) is -0.113. The van der Waals surface area contributed by atoms with Crippen molar-refractivity contribution >= 4 is 29.1 Å². The maximum Gasteiger partial charge on any atom is 0.255 e. The predicted molar refractivity (Wildman–Crippen MR) is 105 cm³/mol. The normalized spacial score (nSPS) is 15.0. The van der Waals surface area contributed by atoms with Gasteiger partial charge in [-0.1, -0.05) is 35.9 Å². The Hall–Kier alpha value is -2.33. The third kappa shape index (κ3) is 3.91. The number of rotatable bonds is 3. The van der Waals surface area contributed by atoms with E-state index in [1.807, 2.05) is 44.2 Å². The zero-order chi connectivity index (χ0) is 18.7. The fourth-order valence-corrected chi connectivity index (χ4v) is 3.49. The van der Waals surface area contributed by atoms with E-state index >= 15 is 0 Å². The second-order valence-corrected chi connectivity index (χ2v) is 7.19. The van der Waals surface area contributed by atoms with Gasteiger partial charge in [0.2, 0.25) is 5.91 Å². The lowest BCUT2D eigenvalue weighted by molar-refractivity contribution is -0.121. The second kappa shape index (κ2) is 7.92. The van der Waals surface area contributed by atoms with Crippen LogP contribution in [0.4, 0.5) is 5.69 Å². The van der Waals surface area contributed by atoms with E-state index in [9.17, 15) is 9.59 Å². The fourth-order valence-electron chi connectivity index (χ4n) is 3.27. The molecular weight excluding hydrogens is 348 g/mol.